The van der Waals surface area contributed by atoms with E-state index in [0.717, 1.165) is 0 Å². The van der Waals surface area contributed by atoms with E-state index < -0.39 is 23.6 Å². The van der Waals surface area contributed by atoms with E-state index in [1.807, 2.05) is 0 Å². The molecule has 126 valence electrons. The summed E-state index contributed by atoms with van der Waals surface area (Å²) in [7, 11) is 2.40. The van der Waals surface area contributed by atoms with E-state index in [1.165, 1.54) is 14.2 Å². The molecule has 2 bridgehead atoms. The van der Waals surface area contributed by atoms with Crippen molar-refractivity contribution in [2.45, 2.75) is 24.5 Å². The molecule has 0 aliphatic carbocycles. The topological polar surface area (TPSA) is 78.9 Å². The van der Waals surface area contributed by atoms with Gasteiger partial charge in [0.05, 0.1) is 25.4 Å². The van der Waals surface area contributed by atoms with Crippen LogP contribution in [-0.4, -0.2) is 38.0 Å². The van der Waals surface area contributed by atoms with Crippen molar-refractivity contribution in [1.82, 2.24) is 0 Å². The number of ketones is 1. The van der Waals surface area contributed by atoms with Gasteiger partial charge in [0.2, 0.25) is 0 Å². The van der Waals surface area contributed by atoms with Crippen LogP contribution in [0.5, 0.6) is 0 Å². The first-order chi connectivity index (χ1) is 11.4. The molecule has 0 saturated carbocycles. The first-order valence-electron chi connectivity index (χ1n) is 7.32. The maximum absolute atomic E-state index is 12.4. The number of halogens is 1. The average Bonchev–Trinajstić information content (AvgIpc) is 2.89. The summed E-state index contributed by atoms with van der Waals surface area (Å²) in [6.45, 7) is 0. The van der Waals surface area contributed by atoms with Crippen molar-refractivity contribution in [3.63, 3.8) is 0 Å². The number of ether oxygens (including phenoxy) is 3. The molecule has 2 unspecified atom stereocenters. The van der Waals surface area contributed by atoms with Gasteiger partial charge >= 0.3 is 11.9 Å². The Kier molecular flexibility index (Phi) is 4.19. The van der Waals surface area contributed by atoms with E-state index in [2.05, 4.69) is 0 Å². The number of fused-ring (bicyclic) bond motifs is 2. The molecule has 1 fully saturated rings. The summed E-state index contributed by atoms with van der Waals surface area (Å²) in [6.07, 6.45) is -0.723. The second-order valence-corrected chi connectivity index (χ2v) is 6.01. The number of Topliss-reactive ketones (excluding diaryl/α,β-unsaturated/α-hetero) is 1. The highest BCUT2D eigenvalue weighted by Gasteiger charge is 2.58. The van der Waals surface area contributed by atoms with Crippen molar-refractivity contribution >= 4 is 29.3 Å². The molecule has 2 aliphatic rings. The summed E-state index contributed by atoms with van der Waals surface area (Å²) in [5.41, 5.74) is -0.653. The van der Waals surface area contributed by atoms with E-state index in [1.54, 1.807) is 24.3 Å². The lowest BCUT2D eigenvalue weighted by Crippen LogP contribution is -2.40. The number of hydrogen-bond acceptors (Lipinski definition) is 6. The number of rotatable bonds is 3. The molecule has 1 saturated heterocycles. The molecular weight excluding hydrogens is 336 g/mol. The number of benzene rings is 1. The van der Waals surface area contributed by atoms with Crippen molar-refractivity contribution in [3.8, 4) is 0 Å². The Hall–Kier alpha value is -2.18. The summed E-state index contributed by atoms with van der Waals surface area (Å²) in [6, 6.07) is 6.73. The highest BCUT2D eigenvalue weighted by molar-refractivity contribution is 6.30. The number of carbonyl (C=O) groups is 3. The summed E-state index contributed by atoms with van der Waals surface area (Å²) in [5.74, 6) is -1.76. The van der Waals surface area contributed by atoms with Crippen LogP contribution in [0, 0.1) is 0 Å². The predicted octanol–water partition coefficient (Wildman–Crippen LogP) is 1.94. The Morgan fingerprint density at radius 1 is 1.17 bits per heavy atom. The summed E-state index contributed by atoms with van der Waals surface area (Å²) in [4.78, 5) is 36.9. The van der Waals surface area contributed by atoms with Crippen LogP contribution < -0.4 is 0 Å². The van der Waals surface area contributed by atoms with Crippen molar-refractivity contribution in [2.75, 3.05) is 14.2 Å². The largest absolute Gasteiger partial charge is 0.466 e. The summed E-state index contributed by atoms with van der Waals surface area (Å²) < 4.78 is 15.5. The lowest BCUT2D eigenvalue weighted by Gasteiger charge is -2.35. The third kappa shape index (κ3) is 2.34. The third-order valence-corrected chi connectivity index (χ3v) is 4.63. The van der Waals surface area contributed by atoms with Gasteiger partial charge in [-0.2, -0.15) is 0 Å². The van der Waals surface area contributed by atoms with Crippen molar-refractivity contribution in [3.05, 3.63) is 46.0 Å². The van der Waals surface area contributed by atoms with Crippen LogP contribution in [0.1, 0.15) is 18.4 Å². The van der Waals surface area contributed by atoms with Gasteiger partial charge in [-0.05, 0) is 24.1 Å². The van der Waals surface area contributed by atoms with Crippen LogP contribution in [0.3, 0.4) is 0 Å². The van der Waals surface area contributed by atoms with E-state index in [4.69, 9.17) is 25.8 Å². The number of esters is 2. The van der Waals surface area contributed by atoms with Crippen LogP contribution in [0.15, 0.2) is 35.4 Å². The molecule has 24 heavy (non-hydrogen) atoms. The predicted molar refractivity (Wildman–Crippen MR) is 83.3 cm³/mol. The fourth-order valence-corrected chi connectivity index (χ4v) is 3.41. The van der Waals surface area contributed by atoms with Gasteiger partial charge in [0.15, 0.2) is 11.9 Å². The van der Waals surface area contributed by atoms with Crippen LogP contribution in [0.2, 0.25) is 5.02 Å². The Morgan fingerprint density at radius 3 is 2.38 bits per heavy atom. The first-order valence-corrected chi connectivity index (χ1v) is 7.70. The molecule has 0 radical (unpaired) electrons. The fourth-order valence-electron chi connectivity index (χ4n) is 3.28. The zero-order chi connectivity index (χ0) is 17.5. The summed E-state index contributed by atoms with van der Waals surface area (Å²) >= 11 is 5.93. The van der Waals surface area contributed by atoms with Gasteiger partial charge in [0, 0.05) is 11.4 Å². The van der Waals surface area contributed by atoms with E-state index in [0.29, 0.717) is 10.6 Å². The molecule has 6 nitrogen and oxygen atoms in total. The monoisotopic (exact) mass is 350 g/mol. The minimum atomic E-state index is -1.22. The zero-order valence-electron chi connectivity index (χ0n) is 13.1. The molecule has 2 atom stereocenters. The Morgan fingerprint density at radius 2 is 1.79 bits per heavy atom. The van der Waals surface area contributed by atoms with Crippen LogP contribution in [0.25, 0.3) is 0 Å². The lowest BCUT2D eigenvalue weighted by molar-refractivity contribution is -0.152. The van der Waals surface area contributed by atoms with Gasteiger partial charge in [-0.25, -0.2) is 9.59 Å². The minimum absolute atomic E-state index is 0.0232. The van der Waals surface area contributed by atoms with Crippen LogP contribution in [-0.2, 0) is 34.2 Å². The van der Waals surface area contributed by atoms with Gasteiger partial charge in [0.25, 0.3) is 0 Å². The molecule has 0 aromatic heterocycles. The van der Waals surface area contributed by atoms with Crippen molar-refractivity contribution < 1.29 is 28.6 Å². The van der Waals surface area contributed by atoms with Crippen LogP contribution in [0.4, 0.5) is 0 Å². The molecule has 1 aromatic rings. The highest BCUT2D eigenvalue weighted by Crippen LogP contribution is 2.51. The average molecular weight is 351 g/mol. The Bertz CT molecular complexity index is 751. The Balaban J connectivity index is 2.25. The van der Waals surface area contributed by atoms with Gasteiger partial charge in [0.1, 0.15) is 5.60 Å². The van der Waals surface area contributed by atoms with Crippen LogP contribution >= 0.6 is 11.6 Å². The standard InChI is InChI=1S/C17H15ClO6/c1-22-15(20)12-13(16(21)23-2)17(8-7-11(19)14(12)24-17)9-3-5-10(18)6-4-9/h3-6,14H,7-8H2,1-2H3. The second-order valence-electron chi connectivity index (χ2n) is 5.57. The molecule has 0 spiro atoms. The van der Waals surface area contributed by atoms with E-state index in [-0.39, 0.29) is 29.8 Å². The smallest absolute Gasteiger partial charge is 0.337 e. The van der Waals surface area contributed by atoms with Gasteiger partial charge in [-0.3, -0.25) is 4.79 Å². The third-order valence-electron chi connectivity index (χ3n) is 4.38. The fraction of sp³-hybridized carbons (Fsp3) is 0.353. The van der Waals surface area contributed by atoms with E-state index in [9.17, 15) is 14.4 Å². The molecule has 0 N–H and O–H groups in total. The molecule has 1 aromatic carbocycles. The molecule has 7 heteroatoms. The lowest BCUT2D eigenvalue weighted by atomic mass is 9.82. The molecule has 3 rings (SSSR count). The van der Waals surface area contributed by atoms with Gasteiger partial charge < -0.3 is 14.2 Å². The van der Waals surface area contributed by atoms with Crippen molar-refractivity contribution in [2.24, 2.45) is 0 Å². The highest BCUT2D eigenvalue weighted by atomic mass is 35.5. The second kappa shape index (κ2) is 6.03. The molecular formula is C17H15ClO6. The molecule has 0 amide bonds. The SMILES string of the molecule is COC(=O)C1=C(C(=O)OC)C2(c3ccc(Cl)cc3)CCC(=O)C1O2. The van der Waals surface area contributed by atoms with Gasteiger partial charge in [-0.15, -0.1) is 0 Å². The number of methoxy groups -OCH3 is 2. The maximum atomic E-state index is 12.4. The molecule has 2 aliphatic heterocycles. The first kappa shape index (κ1) is 16.7. The maximum Gasteiger partial charge on any atom is 0.337 e. The van der Waals surface area contributed by atoms with E-state index >= 15 is 0 Å². The van der Waals surface area contributed by atoms with Crippen molar-refractivity contribution in [1.29, 1.82) is 0 Å². The minimum Gasteiger partial charge on any atom is -0.466 e. The number of hydrogen-bond donors (Lipinski definition) is 0. The zero-order valence-corrected chi connectivity index (χ0v) is 13.9. The number of carbonyl (C=O) groups excluding carboxylic acids is 3. The van der Waals surface area contributed by atoms with Gasteiger partial charge in [-0.1, -0.05) is 23.7 Å². The summed E-state index contributed by atoms with van der Waals surface area (Å²) in [5, 5.41) is 0.522. The molecule has 2 heterocycles. The Labute approximate surface area is 143 Å². The normalized spacial score (nSPS) is 25.6. The quantitative estimate of drug-likeness (QED) is 0.775.